The first-order valence-corrected chi connectivity index (χ1v) is 5.79. The average molecular weight is 194 g/mol. The van der Waals surface area contributed by atoms with E-state index in [0.717, 1.165) is 25.7 Å². The second-order valence-electron chi connectivity index (χ2n) is 4.91. The summed E-state index contributed by atoms with van der Waals surface area (Å²) in [6.07, 6.45) is 10.8. The number of carbonyl (C=O) groups is 1. The highest BCUT2D eigenvalue weighted by molar-refractivity contribution is 5.79. The lowest BCUT2D eigenvalue weighted by molar-refractivity contribution is -0.123. The fraction of sp³-hybridized carbons (Fsp3) is 0.769. The molecular weight excluding hydrogens is 172 g/mol. The molecule has 0 aromatic rings. The molecule has 0 saturated heterocycles. The number of Topliss-reactive ketones (excluding diaryl/α,β-unsaturated/α-hetero) is 1. The van der Waals surface area contributed by atoms with Crippen molar-refractivity contribution in [3.05, 3.63) is 12.7 Å². The van der Waals surface area contributed by atoms with Crippen molar-refractivity contribution in [2.75, 3.05) is 0 Å². The van der Waals surface area contributed by atoms with E-state index < -0.39 is 0 Å². The predicted molar refractivity (Wildman–Crippen MR) is 60.2 cm³/mol. The summed E-state index contributed by atoms with van der Waals surface area (Å²) in [5.74, 6) is 0.475. The summed E-state index contributed by atoms with van der Waals surface area (Å²) in [7, 11) is 0. The van der Waals surface area contributed by atoms with Crippen LogP contribution in [-0.2, 0) is 4.79 Å². The Bertz CT molecular complexity index is 207. The van der Waals surface area contributed by atoms with Crippen LogP contribution in [0.5, 0.6) is 0 Å². The third-order valence-electron chi connectivity index (χ3n) is 3.30. The molecule has 14 heavy (non-hydrogen) atoms. The quantitative estimate of drug-likeness (QED) is 0.479. The molecule has 1 aliphatic rings. The van der Waals surface area contributed by atoms with Crippen molar-refractivity contribution in [2.45, 2.75) is 58.3 Å². The van der Waals surface area contributed by atoms with E-state index in [1.807, 2.05) is 6.08 Å². The van der Waals surface area contributed by atoms with Gasteiger partial charge in [0.25, 0.3) is 0 Å². The van der Waals surface area contributed by atoms with E-state index in [-0.39, 0.29) is 0 Å². The molecule has 0 aromatic heterocycles. The molecule has 0 heterocycles. The van der Waals surface area contributed by atoms with E-state index in [2.05, 4.69) is 13.5 Å². The van der Waals surface area contributed by atoms with Crippen molar-refractivity contribution in [1.82, 2.24) is 0 Å². The summed E-state index contributed by atoms with van der Waals surface area (Å²) in [4.78, 5) is 11.4. The maximum Gasteiger partial charge on any atom is 0.133 e. The molecule has 0 aromatic carbocycles. The molecule has 0 amide bonds. The van der Waals surface area contributed by atoms with Gasteiger partial charge in [0.2, 0.25) is 0 Å². The SMILES string of the molecule is C=CCCCCC1(C)CCCC(=O)C1. The Balaban J connectivity index is 2.26. The fourth-order valence-electron chi connectivity index (χ4n) is 2.42. The average Bonchev–Trinajstić information content (AvgIpc) is 2.12. The predicted octanol–water partition coefficient (Wildman–Crippen LogP) is 3.88. The summed E-state index contributed by atoms with van der Waals surface area (Å²) in [5.41, 5.74) is 0.316. The van der Waals surface area contributed by atoms with Gasteiger partial charge in [-0.2, -0.15) is 0 Å². The van der Waals surface area contributed by atoms with E-state index in [1.165, 1.54) is 25.7 Å². The van der Waals surface area contributed by atoms with Gasteiger partial charge in [-0.1, -0.05) is 19.4 Å². The van der Waals surface area contributed by atoms with Crippen LogP contribution in [0, 0.1) is 5.41 Å². The number of allylic oxidation sites excluding steroid dienone is 1. The van der Waals surface area contributed by atoms with Crippen LogP contribution in [0.15, 0.2) is 12.7 Å². The molecule has 1 saturated carbocycles. The molecule has 0 N–H and O–H groups in total. The third-order valence-corrected chi connectivity index (χ3v) is 3.30. The summed E-state index contributed by atoms with van der Waals surface area (Å²) in [5, 5.41) is 0. The molecule has 1 atom stereocenters. The second-order valence-corrected chi connectivity index (χ2v) is 4.91. The molecule has 0 spiro atoms. The van der Waals surface area contributed by atoms with Crippen molar-refractivity contribution < 1.29 is 4.79 Å². The van der Waals surface area contributed by atoms with Gasteiger partial charge < -0.3 is 0 Å². The van der Waals surface area contributed by atoms with Crippen LogP contribution in [0.3, 0.4) is 0 Å². The minimum atomic E-state index is 0.316. The van der Waals surface area contributed by atoms with E-state index in [9.17, 15) is 4.79 Å². The molecule has 1 unspecified atom stereocenters. The van der Waals surface area contributed by atoms with Gasteiger partial charge in [0, 0.05) is 12.8 Å². The van der Waals surface area contributed by atoms with Crippen LogP contribution in [0.25, 0.3) is 0 Å². The minimum Gasteiger partial charge on any atom is -0.300 e. The lowest BCUT2D eigenvalue weighted by Crippen LogP contribution is -2.25. The van der Waals surface area contributed by atoms with Crippen molar-refractivity contribution >= 4 is 5.78 Å². The van der Waals surface area contributed by atoms with Crippen molar-refractivity contribution in [3.63, 3.8) is 0 Å². The van der Waals surface area contributed by atoms with Crippen LogP contribution >= 0.6 is 0 Å². The van der Waals surface area contributed by atoms with Crippen LogP contribution in [-0.4, -0.2) is 5.78 Å². The maximum atomic E-state index is 11.4. The highest BCUT2D eigenvalue weighted by atomic mass is 16.1. The zero-order valence-corrected chi connectivity index (χ0v) is 9.35. The van der Waals surface area contributed by atoms with Gasteiger partial charge in [-0.25, -0.2) is 0 Å². The Morgan fingerprint density at radius 1 is 1.50 bits per heavy atom. The number of carbonyl (C=O) groups excluding carboxylic acids is 1. The van der Waals surface area contributed by atoms with Crippen LogP contribution in [0.2, 0.25) is 0 Å². The second kappa shape index (κ2) is 5.33. The lowest BCUT2D eigenvalue weighted by atomic mass is 9.72. The number of rotatable bonds is 5. The van der Waals surface area contributed by atoms with Crippen molar-refractivity contribution in [3.8, 4) is 0 Å². The van der Waals surface area contributed by atoms with Crippen LogP contribution < -0.4 is 0 Å². The molecule has 80 valence electrons. The van der Waals surface area contributed by atoms with Gasteiger partial charge in [0.15, 0.2) is 0 Å². The first-order chi connectivity index (χ1) is 6.66. The molecule has 0 radical (unpaired) electrons. The molecular formula is C13H22O. The fourth-order valence-corrected chi connectivity index (χ4v) is 2.42. The zero-order valence-electron chi connectivity index (χ0n) is 9.35. The van der Waals surface area contributed by atoms with Gasteiger partial charge in [-0.15, -0.1) is 6.58 Å². The first kappa shape index (κ1) is 11.5. The van der Waals surface area contributed by atoms with Crippen LogP contribution in [0.4, 0.5) is 0 Å². The van der Waals surface area contributed by atoms with Gasteiger partial charge in [-0.05, 0) is 37.5 Å². The van der Waals surface area contributed by atoms with E-state index in [1.54, 1.807) is 0 Å². The smallest absolute Gasteiger partial charge is 0.133 e. The molecule has 1 heteroatoms. The van der Waals surface area contributed by atoms with Gasteiger partial charge >= 0.3 is 0 Å². The summed E-state index contributed by atoms with van der Waals surface area (Å²) in [6.45, 7) is 6.00. The minimum absolute atomic E-state index is 0.316. The standard InChI is InChI=1S/C13H22O/c1-3-4-5-6-9-13(2)10-7-8-12(14)11-13/h3H,1,4-11H2,2H3. The third kappa shape index (κ3) is 3.65. The number of hydrogen-bond donors (Lipinski definition) is 0. The number of ketones is 1. The Hall–Kier alpha value is -0.590. The van der Waals surface area contributed by atoms with Crippen LogP contribution in [0.1, 0.15) is 58.3 Å². The van der Waals surface area contributed by atoms with Gasteiger partial charge in [-0.3, -0.25) is 4.79 Å². The summed E-state index contributed by atoms with van der Waals surface area (Å²) < 4.78 is 0. The first-order valence-electron chi connectivity index (χ1n) is 5.79. The molecule has 1 rings (SSSR count). The summed E-state index contributed by atoms with van der Waals surface area (Å²) >= 11 is 0. The van der Waals surface area contributed by atoms with Crippen molar-refractivity contribution in [1.29, 1.82) is 0 Å². The molecule has 1 fully saturated rings. The lowest BCUT2D eigenvalue weighted by Gasteiger charge is -2.32. The summed E-state index contributed by atoms with van der Waals surface area (Å²) in [6, 6.07) is 0. The Labute approximate surface area is 87.6 Å². The zero-order chi connectivity index (χ0) is 10.4. The number of hydrogen-bond acceptors (Lipinski definition) is 1. The Morgan fingerprint density at radius 3 is 2.93 bits per heavy atom. The topological polar surface area (TPSA) is 17.1 Å². The largest absolute Gasteiger partial charge is 0.300 e. The molecule has 1 aliphatic carbocycles. The van der Waals surface area contributed by atoms with E-state index in [0.29, 0.717) is 11.2 Å². The molecule has 1 nitrogen and oxygen atoms in total. The molecule has 0 aliphatic heterocycles. The normalized spacial score (nSPS) is 27.6. The highest BCUT2D eigenvalue weighted by Crippen LogP contribution is 2.38. The van der Waals surface area contributed by atoms with Gasteiger partial charge in [0.05, 0.1) is 0 Å². The monoisotopic (exact) mass is 194 g/mol. The number of unbranched alkanes of at least 4 members (excludes halogenated alkanes) is 2. The van der Waals surface area contributed by atoms with Gasteiger partial charge in [0.1, 0.15) is 5.78 Å². The maximum absolute atomic E-state index is 11.4. The Kier molecular flexibility index (Phi) is 4.37. The Morgan fingerprint density at radius 2 is 2.29 bits per heavy atom. The van der Waals surface area contributed by atoms with E-state index >= 15 is 0 Å². The highest BCUT2D eigenvalue weighted by Gasteiger charge is 2.30. The van der Waals surface area contributed by atoms with Crippen molar-refractivity contribution in [2.24, 2.45) is 5.41 Å². The molecule has 0 bridgehead atoms. The van der Waals surface area contributed by atoms with E-state index in [4.69, 9.17) is 0 Å².